The molecule has 0 amide bonds. The molecule has 0 bridgehead atoms. The van der Waals surface area contributed by atoms with E-state index in [1.165, 1.54) is 137 Å². The minimum absolute atomic E-state index is 0.00602. The van der Waals surface area contributed by atoms with Crippen LogP contribution in [0.25, 0.3) is 60.6 Å². The number of hydrogen-bond acceptors (Lipinski definition) is 3. The molecule has 0 atom stereocenters. The van der Waals surface area contributed by atoms with Crippen molar-refractivity contribution in [3.63, 3.8) is 0 Å². The zero-order valence-corrected chi connectivity index (χ0v) is 52.7. The Kier molecular flexibility index (Phi) is 15.0. The normalized spacial score (nSPS) is 13.0. The molecule has 0 saturated heterocycles. The SMILES string of the molecule is CCCC.CCCC.Cc1cc(-c2cccc3c2oc2ccccc23)cc(C)c1N1c2ccc(C(C)(C)C)cc2B2c3cc4c5ccccc5n(-c5c(C)cccc5C)c4cc3N(c3ccc(C(C)(C)C)cc3)c3cc(C(C)(C)C)cc1c32. The number of rotatable bonds is 6. The van der Waals surface area contributed by atoms with E-state index in [-0.39, 0.29) is 23.0 Å². The van der Waals surface area contributed by atoms with Gasteiger partial charge in [-0.05, 0) is 165 Å². The molecule has 0 aliphatic carbocycles. The lowest BCUT2D eigenvalue weighted by Crippen LogP contribution is -2.61. The Balaban J connectivity index is 0.000000849. The number of unbranched alkanes of at least 4 members (excludes halogenated alkanes) is 2. The molecule has 11 aromatic rings. The van der Waals surface area contributed by atoms with E-state index in [1.54, 1.807) is 0 Å². The zero-order chi connectivity index (χ0) is 59.0. The van der Waals surface area contributed by atoms with Crippen LogP contribution in [0.5, 0.6) is 0 Å². The molecule has 2 aliphatic heterocycles. The second-order valence-corrected chi connectivity index (χ2v) is 26.9. The van der Waals surface area contributed by atoms with Crippen molar-refractivity contribution in [1.29, 1.82) is 0 Å². The maximum Gasteiger partial charge on any atom is 0.252 e. The first kappa shape index (κ1) is 57.1. The van der Waals surface area contributed by atoms with Crippen molar-refractivity contribution in [3.8, 4) is 16.8 Å². The predicted molar refractivity (Wildman–Crippen MR) is 364 cm³/mol. The number of anilines is 6. The second-order valence-electron chi connectivity index (χ2n) is 26.9. The molecule has 0 N–H and O–H groups in total. The van der Waals surface area contributed by atoms with Crippen LogP contribution in [0.1, 0.15) is 155 Å². The number of para-hydroxylation sites is 4. The monoisotopic (exact) mass is 1090 g/mol. The van der Waals surface area contributed by atoms with E-state index in [1.807, 2.05) is 0 Å². The van der Waals surface area contributed by atoms with E-state index in [4.69, 9.17) is 4.42 Å². The van der Waals surface area contributed by atoms with Crippen LogP contribution in [-0.2, 0) is 16.2 Å². The Morgan fingerprint density at radius 1 is 0.398 bits per heavy atom. The number of hydrogen-bond donors (Lipinski definition) is 0. The molecule has 83 heavy (non-hydrogen) atoms. The lowest BCUT2D eigenvalue weighted by Gasteiger charge is -2.46. The Labute approximate surface area is 496 Å². The van der Waals surface area contributed by atoms with Crippen LogP contribution in [0, 0.1) is 27.7 Å². The summed E-state index contributed by atoms with van der Waals surface area (Å²) in [5, 5.41) is 4.82. The summed E-state index contributed by atoms with van der Waals surface area (Å²) >= 11 is 0. The fourth-order valence-corrected chi connectivity index (χ4v) is 12.8. The van der Waals surface area contributed by atoms with Gasteiger partial charge in [-0.3, -0.25) is 0 Å². The predicted octanol–water partition coefficient (Wildman–Crippen LogP) is 21.2. The summed E-state index contributed by atoms with van der Waals surface area (Å²) < 4.78 is 9.19. The molecule has 5 heteroatoms. The molecule has 0 fully saturated rings. The van der Waals surface area contributed by atoms with Gasteiger partial charge in [0.05, 0.1) is 22.4 Å². The third-order valence-electron chi connectivity index (χ3n) is 17.7. The van der Waals surface area contributed by atoms with Crippen molar-refractivity contribution >= 4 is 101 Å². The molecule has 9 aromatic carbocycles. The van der Waals surface area contributed by atoms with Crippen molar-refractivity contribution in [2.45, 2.75) is 160 Å². The largest absolute Gasteiger partial charge is 0.455 e. The van der Waals surface area contributed by atoms with Gasteiger partial charge in [-0.25, -0.2) is 0 Å². The van der Waals surface area contributed by atoms with E-state index in [9.17, 15) is 0 Å². The van der Waals surface area contributed by atoms with Gasteiger partial charge in [0.2, 0.25) is 0 Å². The highest BCUT2D eigenvalue weighted by molar-refractivity contribution is 7.00. The van der Waals surface area contributed by atoms with Crippen molar-refractivity contribution in [3.05, 3.63) is 203 Å². The average molecular weight is 1090 g/mol. The van der Waals surface area contributed by atoms with Crippen LogP contribution < -0.4 is 26.2 Å². The second kappa shape index (κ2) is 21.8. The standard InChI is InChI=1S/C70H66BN3O.2C4H10/c1-41-20-18-21-42(2)65(41)73-57-26-16-14-22-51(57)54-39-56-60(40-59(54)73)72(49-31-28-46(29-32-49)68(5,6)7)61-37-48(70(11,12)13)38-62-64(61)71(56)55-36-47(69(8,9)10)30-33-58(55)74(62)66-43(3)34-45(35-44(66)4)50-24-19-25-53-52-23-15-17-27-63(52)75-67(50)53;2*1-3-4-2/h14-40H,1-13H3;2*3-4H2,1-2H3. The lowest BCUT2D eigenvalue weighted by atomic mass is 9.33. The molecular formula is C78H86BN3O. The number of aromatic nitrogens is 1. The van der Waals surface area contributed by atoms with Gasteiger partial charge in [-0.15, -0.1) is 0 Å². The molecule has 13 rings (SSSR count). The van der Waals surface area contributed by atoms with Gasteiger partial charge in [0, 0.05) is 55.5 Å². The van der Waals surface area contributed by atoms with Crippen LogP contribution in [0.3, 0.4) is 0 Å². The van der Waals surface area contributed by atoms with Crippen molar-refractivity contribution in [1.82, 2.24) is 4.57 Å². The highest BCUT2D eigenvalue weighted by atomic mass is 16.3. The first-order valence-electron chi connectivity index (χ1n) is 30.8. The molecule has 0 spiro atoms. The van der Waals surface area contributed by atoms with Crippen LogP contribution in [0.15, 0.2) is 168 Å². The zero-order valence-electron chi connectivity index (χ0n) is 52.7. The quantitative estimate of drug-likeness (QED) is 0.155. The van der Waals surface area contributed by atoms with Gasteiger partial charge in [0.25, 0.3) is 6.71 Å². The summed E-state index contributed by atoms with van der Waals surface area (Å²) in [7, 11) is 0. The third-order valence-corrected chi connectivity index (χ3v) is 17.7. The van der Waals surface area contributed by atoms with Crippen molar-refractivity contribution in [2.75, 3.05) is 9.80 Å². The number of benzene rings is 9. The van der Waals surface area contributed by atoms with E-state index in [0.29, 0.717) is 0 Å². The Morgan fingerprint density at radius 3 is 1.55 bits per heavy atom. The smallest absolute Gasteiger partial charge is 0.252 e. The molecular weight excluding hydrogens is 1010 g/mol. The Bertz CT molecular complexity index is 4210. The molecule has 4 nitrogen and oxygen atoms in total. The number of furan rings is 1. The Hall–Kier alpha value is -7.76. The lowest BCUT2D eigenvalue weighted by molar-refractivity contribution is 0.590. The summed E-state index contributed by atoms with van der Waals surface area (Å²) in [6.07, 6.45) is 5.28. The van der Waals surface area contributed by atoms with Crippen LogP contribution in [0.2, 0.25) is 0 Å². The van der Waals surface area contributed by atoms with Gasteiger partial charge in [-0.2, -0.15) is 0 Å². The van der Waals surface area contributed by atoms with E-state index in [0.717, 1.165) is 38.8 Å². The van der Waals surface area contributed by atoms with Crippen LogP contribution in [-0.4, -0.2) is 11.3 Å². The molecule has 2 aromatic heterocycles. The van der Waals surface area contributed by atoms with Crippen molar-refractivity contribution < 1.29 is 4.42 Å². The number of nitrogens with zero attached hydrogens (tertiary/aromatic N) is 3. The summed E-state index contributed by atoms with van der Waals surface area (Å²) in [5.41, 5.74) is 27.7. The first-order chi connectivity index (χ1) is 39.6. The van der Waals surface area contributed by atoms with E-state index >= 15 is 0 Å². The fourth-order valence-electron chi connectivity index (χ4n) is 12.8. The number of fused-ring (bicyclic) bond motifs is 10. The topological polar surface area (TPSA) is 24.6 Å². The molecule has 2 aliphatic rings. The van der Waals surface area contributed by atoms with Crippen LogP contribution in [0.4, 0.5) is 34.1 Å². The van der Waals surface area contributed by atoms with Crippen molar-refractivity contribution in [2.24, 2.45) is 0 Å². The molecule has 0 saturated carbocycles. The molecule has 4 heterocycles. The highest BCUT2D eigenvalue weighted by Gasteiger charge is 2.45. The molecule has 0 radical (unpaired) electrons. The average Bonchev–Trinajstić information content (AvgIpc) is 2.55. The van der Waals surface area contributed by atoms with Gasteiger partial charge < -0.3 is 18.8 Å². The summed E-state index contributed by atoms with van der Waals surface area (Å²) in [6.45, 7) is 38.9. The Morgan fingerprint density at radius 2 is 0.940 bits per heavy atom. The summed E-state index contributed by atoms with van der Waals surface area (Å²) in [6, 6.07) is 62.5. The molecule has 0 unspecified atom stereocenters. The third kappa shape index (κ3) is 9.96. The van der Waals surface area contributed by atoms with Crippen LogP contribution >= 0.6 is 0 Å². The van der Waals surface area contributed by atoms with E-state index in [2.05, 4.69) is 296 Å². The minimum Gasteiger partial charge on any atom is -0.455 e. The number of aryl methyl sites for hydroxylation is 4. The summed E-state index contributed by atoms with van der Waals surface area (Å²) in [4.78, 5) is 5.26. The maximum absolute atomic E-state index is 6.65. The maximum atomic E-state index is 6.65. The van der Waals surface area contributed by atoms with Gasteiger partial charge in [0.1, 0.15) is 11.2 Å². The summed E-state index contributed by atoms with van der Waals surface area (Å²) in [5.74, 6) is 0. The fraction of sp³-hybridized carbons (Fsp3) is 0.308. The highest BCUT2D eigenvalue weighted by Crippen LogP contribution is 2.50. The van der Waals surface area contributed by atoms with E-state index < -0.39 is 0 Å². The van der Waals surface area contributed by atoms with Gasteiger partial charge in [0.15, 0.2) is 0 Å². The van der Waals surface area contributed by atoms with Gasteiger partial charge >= 0.3 is 0 Å². The van der Waals surface area contributed by atoms with Gasteiger partial charge in [-0.1, -0.05) is 219 Å². The minimum atomic E-state index is -0.164. The first-order valence-corrected chi connectivity index (χ1v) is 30.8. The molecule has 422 valence electrons.